The van der Waals surface area contributed by atoms with Crippen molar-refractivity contribution in [3.8, 4) is 0 Å². The standard InChI is InChI=1S/C27H29NO/c1-20-15-16-23-24(17-20)28(25(29)18-21-11-7-5-8-12-21)26(2,3)19-27(23,4)22-13-9-6-10-14-22/h5-17H,18-19H2,1-4H3/t27-/m0/s1. The molecule has 0 unspecified atom stereocenters. The number of anilines is 1. The molecule has 0 radical (unpaired) electrons. The number of carbonyl (C=O) groups excluding carboxylic acids is 1. The first-order chi connectivity index (χ1) is 13.8. The van der Waals surface area contributed by atoms with Crippen LogP contribution in [-0.4, -0.2) is 11.4 Å². The Balaban J connectivity index is 1.84. The van der Waals surface area contributed by atoms with Gasteiger partial charge >= 0.3 is 0 Å². The van der Waals surface area contributed by atoms with Gasteiger partial charge in [0.2, 0.25) is 5.91 Å². The van der Waals surface area contributed by atoms with E-state index in [0.717, 1.165) is 17.7 Å². The van der Waals surface area contributed by atoms with E-state index in [2.05, 4.69) is 76.2 Å². The van der Waals surface area contributed by atoms with E-state index in [0.29, 0.717) is 6.42 Å². The fourth-order valence-electron chi connectivity index (χ4n) is 5.04. The maximum Gasteiger partial charge on any atom is 0.231 e. The van der Waals surface area contributed by atoms with Gasteiger partial charge in [0.1, 0.15) is 0 Å². The predicted molar refractivity (Wildman–Crippen MR) is 120 cm³/mol. The van der Waals surface area contributed by atoms with Gasteiger partial charge in [-0.05, 0) is 55.5 Å². The molecule has 3 aromatic rings. The van der Waals surface area contributed by atoms with E-state index in [1.807, 2.05) is 35.2 Å². The third-order valence-electron chi connectivity index (χ3n) is 6.24. The van der Waals surface area contributed by atoms with Crippen molar-refractivity contribution in [1.82, 2.24) is 0 Å². The summed E-state index contributed by atoms with van der Waals surface area (Å²) in [5.41, 5.74) is 5.37. The zero-order chi connectivity index (χ0) is 20.6. The SMILES string of the molecule is Cc1ccc2c(c1)N(C(=O)Cc1ccccc1)C(C)(C)C[C@@]2(C)c1ccccc1. The topological polar surface area (TPSA) is 20.3 Å². The molecule has 1 atom stereocenters. The number of carbonyl (C=O) groups is 1. The Kier molecular flexibility index (Phi) is 4.82. The number of hydrogen-bond donors (Lipinski definition) is 0. The van der Waals surface area contributed by atoms with E-state index in [4.69, 9.17) is 0 Å². The van der Waals surface area contributed by atoms with Crippen molar-refractivity contribution < 1.29 is 4.79 Å². The molecule has 0 fully saturated rings. The van der Waals surface area contributed by atoms with Crippen LogP contribution in [0.15, 0.2) is 78.9 Å². The minimum atomic E-state index is -0.294. The van der Waals surface area contributed by atoms with Crippen molar-refractivity contribution in [1.29, 1.82) is 0 Å². The maximum absolute atomic E-state index is 13.5. The second-order valence-corrected chi connectivity index (χ2v) is 9.10. The Morgan fingerprint density at radius 1 is 0.897 bits per heavy atom. The van der Waals surface area contributed by atoms with Crippen molar-refractivity contribution in [2.75, 3.05) is 4.90 Å². The summed E-state index contributed by atoms with van der Waals surface area (Å²) in [5, 5.41) is 0. The van der Waals surface area contributed by atoms with Crippen LogP contribution in [0.4, 0.5) is 5.69 Å². The van der Waals surface area contributed by atoms with Gasteiger partial charge in [0, 0.05) is 16.6 Å². The van der Waals surface area contributed by atoms with Gasteiger partial charge in [-0.3, -0.25) is 4.79 Å². The summed E-state index contributed by atoms with van der Waals surface area (Å²) in [7, 11) is 0. The second-order valence-electron chi connectivity index (χ2n) is 9.10. The van der Waals surface area contributed by atoms with Gasteiger partial charge in [-0.1, -0.05) is 79.7 Å². The summed E-state index contributed by atoms with van der Waals surface area (Å²) in [6, 6.07) is 27.3. The van der Waals surface area contributed by atoms with Crippen molar-refractivity contribution in [2.45, 2.75) is 51.5 Å². The first kappa shape index (κ1) is 19.4. The molecule has 0 spiro atoms. The number of rotatable bonds is 3. The van der Waals surface area contributed by atoms with Gasteiger partial charge in [-0.2, -0.15) is 0 Å². The monoisotopic (exact) mass is 383 g/mol. The molecular weight excluding hydrogens is 354 g/mol. The molecule has 1 heterocycles. The third-order valence-corrected chi connectivity index (χ3v) is 6.24. The van der Waals surface area contributed by atoms with Gasteiger partial charge in [-0.15, -0.1) is 0 Å². The van der Waals surface area contributed by atoms with E-state index in [1.54, 1.807) is 0 Å². The highest BCUT2D eigenvalue weighted by atomic mass is 16.2. The van der Waals surface area contributed by atoms with Crippen LogP contribution in [0.2, 0.25) is 0 Å². The first-order valence-electron chi connectivity index (χ1n) is 10.3. The van der Waals surface area contributed by atoms with E-state index >= 15 is 0 Å². The molecule has 3 aromatic carbocycles. The first-order valence-corrected chi connectivity index (χ1v) is 10.3. The quantitative estimate of drug-likeness (QED) is 0.538. The molecule has 4 rings (SSSR count). The van der Waals surface area contributed by atoms with Gasteiger partial charge < -0.3 is 4.90 Å². The third kappa shape index (κ3) is 3.48. The number of hydrogen-bond acceptors (Lipinski definition) is 1. The zero-order valence-corrected chi connectivity index (χ0v) is 17.8. The van der Waals surface area contributed by atoms with Gasteiger partial charge in [0.15, 0.2) is 0 Å². The Hall–Kier alpha value is -2.87. The molecule has 0 aliphatic carbocycles. The lowest BCUT2D eigenvalue weighted by Gasteiger charge is -2.51. The Labute approximate surface area is 174 Å². The molecule has 2 heteroatoms. The van der Waals surface area contributed by atoms with Crippen LogP contribution in [-0.2, 0) is 16.6 Å². The average molecular weight is 384 g/mol. The minimum Gasteiger partial charge on any atom is -0.306 e. The highest BCUT2D eigenvalue weighted by Gasteiger charge is 2.47. The fourth-order valence-corrected chi connectivity index (χ4v) is 5.04. The van der Waals surface area contributed by atoms with Gasteiger partial charge in [0.05, 0.1) is 6.42 Å². The number of benzene rings is 3. The Bertz CT molecular complexity index is 1020. The highest BCUT2D eigenvalue weighted by molar-refractivity contribution is 5.98. The number of fused-ring (bicyclic) bond motifs is 1. The Morgan fingerprint density at radius 2 is 1.52 bits per heavy atom. The molecule has 1 aliphatic rings. The van der Waals surface area contributed by atoms with Crippen molar-refractivity contribution >= 4 is 11.6 Å². The van der Waals surface area contributed by atoms with E-state index < -0.39 is 0 Å². The van der Waals surface area contributed by atoms with Gasteiger partial charge in [-0.25, -0.2) is 0 Å². The normalized spacial score (nSPS) is 20.2. The van der Waals surface area contributed by atoms with Crippen molar-refractivity contribution in [3.05, 3.63) is 101 Å². The molecule has 2 nitrogen and oxygen atoms in total. The van der Waals surface area contributed by atoms with Crippen molar-refractivity contribution in [2.24, 2.45) is 0 Å². The van der Waals surface area contributed by atoms with Crippen LogP contribution in [0.5, 0.6) is 0 Å². The molecule has 1 amide bonds. The number of nitrogens with zero attached hydrogens (tertiary/aromatic N) is 1. The molecular formula is C27H29NO. The largest absolute Gasteiger partial charge is 0.306 e. The molecule has 0 saturated carbocycles. The lowest BCUT2D eigenvalue weighted by Crippen LogP contribution is -2.56. The molecule has 148 valence electrons. The molecule has 0 aromatic heterocycles. The average Bonchev–Trinajstić information content (AvgIpc) is 2.68. The van der Waals surface area contributed by atoms with Crippen LogP contribution in [0.1, 0.15) is 49.4 Å². The smallest absolute Gasteiger partial charge is 0.231 e. The van der Waals surface area contributed by atoms with E-state index in [9.17, 15) is 4.79 Å². The van der Waals surface area contributed by atoms with Crippen LogP contribution in [0, 0.1) is 6.92 Å². The number of aryl methyl sites for hydroxylation is 1. The second kappa shape index (κ2) is 7.18. The molecule has 29 heavy (non-hydrogen) atoms. The van der Waals surface area contributed by atoms with E-state index in [-0.39, 0.29) is 16.9 Å². The summed E-state index contributed by atoms with van der Waals surface area (Å²) in [6.07, 6.45) is 1.29. The highest BCUT2D eigenvalue weighted by Crippen LogP contribution is 2.50. The van der Waals surface area contributed by atoms with Crippen LogP contribution < -0.4 is 4.90 Å². The fraction of sp³-hybridized carbons (Fsp3) is 0.296. The lowest BCUT2D eigenvalue weighted by atomic mass is 9.65. The predicted octanol–water partition coefficient (Wildman–Crippen LogP) is 6.06. The summed E-state index contributed by atoms with van der Waals surface area (Å²) >= 11 is 0. The Morgan fingerprint density at radius 3 is 2.17 bits per heavy atom. The summed E-state index contributed by atoms with van der Waals surface area (Å²) < 4.78 is 0. The molecule has 1 aliphatic heterocycles. The molecule has 0 N–H and O–H groups in total. The van der Waals surface area contributed by atoms with Crippen LogP contribution in [0.25, 0.3) is 0 Å². The van der Waals surface area contributed by atoms with Gasteiger partial charge in [0.25, 0.3) is 0 Å². The lowest BCUT2D eigenvalue weighted by molar-refractivity contribution is -0.119. The maximum atomic E-state index is 13.5. The zero-order valence-electron chi connectivity index (χ0n) is 17.8. The summed E-state index contributed by atoms with van der Waals surface area (Å²) in [5.74, 6) is 0.156. The summed E-state index contributed by atoms with van der Waals surface area (Å²) in [6.45, 7) is 8.81. The van der Waals surface area contributed by atoms with Crippen molar-refractivity contribution in [3.63, 3.8) is 0 Å². The molecule has 0 bridgehead atoms. The van der Waals surface area contributed by atoms with E-state index in [1.165, 1.54) is 16.7 Å². The molecule has 0 saturated heterocycles. The van der Waals surface area contributed by atoms with Crippen LogP contribution in [0.3, 0.4) is 0 Å². The summed E-state index contributed by atoms with van der Waals surface area (Å²) in [4.78, 5) is 15.6. The van der Waals surface area contributed by atoms with Crippen LogP contribution >= 0.6 is 0 Å². The number of amides is 1. The minimum absolute atomic E-state index is 0.142.